The van der Waals surface area contributed by atoms with Crippen molar-refractivity contribution in [1.82, 2.24) is 0 Å². The Labute approximate surface area is 77.7 Å². The molecule has 0 aromatic carbocycles. The minimum atomic E-state index is 0.339. The molecule has 0 rings (SSSR count). The van der Waals surface area contributed by atoms with Crippen LogP contribution in [0, 0.1) is 11.3 Å². The predicted molar refractivity (Wildman–Crippen MR) is 56.1 cm³/mol. The van der Waals surface area contributed by atoms with Gasteiger partial charge in [0.1, 0.15) is 0 Å². The summed E-state index contributed by atoms with van der Waals surface area (Å²) >= 11 is 0. The minimum Gasteiger partial charge on any atom is -0.330 e. The van der Waals surface area contributed by atoms with Crippen molar-refractivity contribution in [2.75, 3.05) is 6.54 Å². The predicted octanol–water partition coefficient (Wildman–Crippen LogP) is 3.19. The summed E-state index contributed by atoms with van der Waals surface area (Å²) in [6, 6.07) is 0. The van der Waals surface area contributed by atoms with Gasteiger partial charge in [-0.2, -0.15) is 0 Å². The molecule has 0 amide bonds. The van der Waals surface area contributed by atoms with E-state index in [9.17, 15) is 0 Å². The highest BCUT2D eigenvalue weighted by Gasteiger charge is 2.26. The van der Waals surface area contributed by atoms with Gasteiger partial charge in [-0.15, -0.1) is 0 Å². The van der Waals surface area contributed by atoms with E-state index in [0.717, 1.165) is 12.5 Å². The third kappa shape index (κ3) is 3.57. The van der Waals surface area contributed by atoms with E-state index in [4.69, 9.17) is 5.73 Å². The Kier molecular flexibility index (Phi) is 5.56. The van der Waals surface area contributed by atoms with Gasteiger partial charge in [-0.05, 0) is 17.9 Å². The van der Waals surface area contributed by atoms with Gasteiger partial charge in [0.2, 0.25) is 0 Å². The first-order chi connectivity index (χ1) is 5.58. The second kappa shape index (κ2) is 5.58. The lowest BCUT2D eigenvalue weighted by Gasteiger charge is -2.33. The van der Waals surface area contributed by atoms with E-state index in [1.165, 1.54) is 25.7 Å². The maximum absolute atomic E-state index is 5.77. The van der Waals surface area contributed by atoms with Gasteiger partial charge in [-0.3, -0.25) is 0 Å². The van der Waals surface area contributed by atoms with E-state index in [1.807, 2.05) is 0 Å². The lowest BCUT2D eigenvalue weighted by Crippen LogP contribution is -2.32. The largest absolute Gasteiger partial charge is 0.330 e. The van der Waals surface area contributed by atoms with Gasteiger partial charge in [0.25, 0.3) is 0 Å². The van der Waals surface area contributed by atoms with Crippen LogP contribution >= 0.6 is 0 Å². The van der Waals surface area contributed by atoms with E-state index in [1.54, 1.807) is 0 Å². The molecule has 0 bridgehead atoms. The molecule has 0 aliphatic carbocycles. The maximum atomic E-state index is 5.77. The van der Waals surface area contributed by atoms with Crippen LogP contribution in [-0.4, -0.2) is 6.54 Å². The summed E-state index contributed by atoms with van der Waals surface area (Å²) in [7, 11) is 0. The van der Waals surface area contributed by atoms with Crippen molar-refractivity contribution in [2.45, 2.75) is 53.4 Å². The smallest absolute Gasteiger partial charge is 0.00232 e. The highest BCUT2D eigenvalue weighted by atomic mass is 14.6. The SMILES string of the molecule is CCCC(CCC)C(C)(C)CN. The number of hydrogen-bond acceptors (Lipinski definition) is 1. The molecule has 0 radical (unpaired) electrons. The number of hydrogen-bond donors (Lipinski definition) is 1. The van der Waals surface area contributed by atoms with Gasteiger partial charge in [0, 0.05) is 0 Å². The molecular formula is C11H25N. The molecule has 0 spiro atoms. The highest BCUT2D eigenvalue weighted by molar-refractivity contribution is 4.78. The van der Waals surface area contributed by atoms with Gasteiger partial charge < -0.3 is 5.73 Å². The minimum absolute atomic E-state index is 0.339. The van der Waals surface area contributed by atoms with Crippen molar-refractivity contribution in [3.05, 3.63) is 0 Å². The van der Waals surface area contributed by atoms with E-state index >= 15 is 0 Å². The number of nitrogens with two attached hydrogens (primary N) is 1. The fraction of sp³-hybridized carbons (Fsp3) is 1.00. The Morgan fingerprint density at radius 1 is 1.08 bits per heavy atom. The van der Waals surface area contributed by atoms with Crippen LogP contribution in [0.15, 0.2) is 0 Å². The van der Waals surface area contributed by atoms with E-state index in [-0.39, 0.29) is 0 Å². The average Bonchev–Trinajstić information content (AvgIpc) is 2.04. The molecule has 12 heavy (non-hydrogen) atoms. The standard InChI is InChI=1S/C11H25N/c1-5-7-10(8-6-2)11(3,4)9-12/h10H,5-9,12H2,1-4H3. The Bertz CT molecular complexity index is 102. The van der Waals surface area contributed by atoms with Crippen LogP contribution in [0.3, 0.4) is 0 Å². The van der Waals surface area contributed by atoms with Crippen LogP contribution in [0.1, 0.15) is 53.4 Å². The Hall–Kier alpha value is -0.0400. The first-order valence-corrected chi connectivity index (χ1v) is 5.28. The van der Waals surface area contributed by atoms with E-state index in [2.05, 4.69) is 27.7 Å². The summed E-state index contributed by atoms with van der Waals surface area (Å²) < 4.78 is 0. The van der Waals surface area contributed by atoms with Crippen LogP contribution in [0.25, 0.3) is 0 Å². The van der Waals surface area contributed by atoms with Gasteiger partial charge in [-0.25, -0.2) is 0 Å². The normalized spacial score (nSPS) is 12.5. The summed E-state index contributed by atoms with van der Waals surface area (Å²) in [6.45, 7) is 9.92. The zero-order valence-electron chi connectivity index (χ0n) is 9.19. The molecule has 1 heteroatoms. The van der Waals surface area contributed by atoms with E-state index < -0.39 is 0 Å². The van der Waals surface area contributed by atoms with Crippen LogP contribution in [0.2, 0.25) is 0 Å². The summed E-state index contributed by atoms with van der Waals surface area (Å²) in [4.78, 5) is 0. The molecule has 0 heterocycles. The summed E-state index contributed by atoms with van der Waals surface area (Å²) in [5.41, 5.74) is 6.11. The molecule has 1 nitrogen and oxygen atoms in total. The van der Waals surface area contributed by atoms with Gasteiger partial charge >= 0.3 is 0 Å². The van der Waals surface area contributed by atoms with Crippen LogP contribution < -0.4 is 5.73 Å². The van der Waals surface area contributed by atoms with Crippen molar-refractivity contribution in [2.24, 2.45) is 17.1 Å². The third-order valence-corrected chi connectivity index (χ3v) is 2.91. The van der Waals surface area contributed by atoms with Gasteiger partial charge in [0.15, 0.2) is 0 Å². The lowest BCUT2D eigenvalue weighted by atomic mass is 9.74. The molecule has 0 saturated carbocycles. The topological polar surface area (TPSA) is 26.0 Å². The summed E-state index contributed by atoms with van der Waals surface area (Å²) in [5.74, 6) is 0.817. The van der Waals surface area contributed by atoms with Crippen molar-refractivity contribution in [3.8, 4) is 0 Å². The molecule has 0 saturated heterocycles. The van der Waals surface area contributed by atoms with Gasteiger partial charge in [-0.1, -0.05) is 53.4 Å². The maximum Gasteiger partial charge on any atom is -0.00232 e. The third-order valence-electron chi connectivity index (χ3n) is 2.91. The molecule has 0 fully saturated rings. The first kappa shape index (κ1) is 12.0. The highest BCUT2D eigenvalue weighted by Crippen LogP contribution is 2.32. The van der Waals surface area contributed by atoms with Crippen molar-refractivity contribution in [3.63, 3.8) is 0 Å². The second-order valence-electron chi connectivity index (χ2n) is 4.47. The molecule has 0 aliphatic rings. The zero-order chi connectivity index (χ0) is 9.61. The molecular weight excluding hydrogens is 146 g/mol. The van der Waals surface area contributed by atoms with Crippen molar-refractivity contribution in [1.29, 1.82) is 0 Å². The molecule has 0 aromatic rings. The Morgan fingerprint density at radius 3 is 1.75 bits per heavy atom. The monoisotopic (exact) mass is 171 g/mol. The van der Waals surface area contributed by atoms with Crippen LogP contribution in [0.4, 0.5) is 0 Å². The number of rotatable bonds is 6. The quantitative estimate of drug-likeness (QED) is 0.652. The Morgan fingerprint density at radius 2 is 1.50 bits per heavy atom. The Balaban J connectivity index is 4.07. The summed E-state index contributed by atoms with van der Waals surface area (Å²) in [6.07, 6.45) is 5.23. The molecule has 2 N–H and O–H groups in total. The van der Waals surface area contributed by atoms with Crippen molar-refractivity contribution < 1.29 is 0 Å². The molecule has 74 valence electrons. The van der Waals surface area contributed by atoms with E-state index in [0.29, 0.717) is 5.41 Å². The lowest BCUT2D eigenvalue weighted by molar-refractivity contribution is 0.193. The fourth-order valence-corrected chi connectivity index (χ4v) is 1.79. The second-order valence-corrected chi connectivity index (χ2v) is 4.47. The van der Waals surface area contributed by atoms with Crippen molar-refractivity contribution >= 4 is 0 Å². The molecule has 0 aromatic heterocycles. The molecule has 0 aliphatic heterocycles. The first-order valence-electron chi connectivity index (χ1n) is 5.28. The molecule has 0 atom stereocenters. The van der Waals surface area contributed by atoms with Crippen LogP contribution in [-0.2, 0) is 0 Å². The molecule has 0 unspecified atom stereocenters. The van der Waals surface area contributed by atoms with Gasteiger partial charge in [0.05, 0.1) is 0 Å². The summed E-state index contributed by atoms with van der Waals surface area (Å²) in [5, 5.41) is 0. The average molecular weight is 171 g/mol. The zero-order valence-corrected chi connectivity index (χ0v) is 9.19. The fourth-order valence-electron chi connectivity index (χ4n) is 1.79. The van der Waals surface area contributed by atoms with Crippen LogP contribution in [0.5, 0.6) is 0 Å².